The number of furan rings is 1. The molecule has 554 valence electrons. The molecule has 7 heterocycles. The summed E-state index contributed by atoms with van der Waals surface area (Å²) in [4.78, 5) is 31.3. The first-order valence-electron chi connectivity index (χ1n) is 40.0. The van der Waals surface area contributed by atoms with Gasteiger partial charge in [-0.2, -0.15) is 0 Å². The topological polar surface area (TPSA) is 90.5 Å². The minimum absolute atomic E-state index is 0.686. The van der Waals surface area contributed by atoms with E-state index in [9.17, 15) is 0 Å². The van der Waals surface area contributed by atoms with Gasteiger partial charge >= 0.3 is 0 Å². The fourth-order valence-corrected chi connectivity index (χ4v) is 19.9. The van der Waals surface area contributed by atoms with Crippen molar-refractivity contribution in [2.75, 3.05) is 0 Å². The van der Waals surface area contributed by atoms with Crippen LogP contribution in [0, 0.1) is 0 Å². The molecule has 0 amide bonds. The Morgan fingerprint density at radius 3 is 0.966 bits per heavy atom. The summed E-state index contributed by atoms with van der Waals surface area (Å²) in [6.07, 6.45) is 0. The third-order valence-corrected chi connectivity index (χ3v) is 25.5. The molecule has 0 spiro atoms. The molecular weight excluding hydrogens is 1490 g/mol. The van der Waals surface area contributed by atoms with Gasteiger partial charge in [0.15, 0.2) is 11.6 Å². The summed E-state index contributed by atoms with van der Waals surface area (Å²) in [5.41, 5.74) is 24.4. The largest absolute Gasteiger partial charge is 0.456 e. The van der Waals surface area contributed by atoms with E-state index >= 15 is 0 Å². The first-order valence-corrected chi connectivity index (χ1v) is 41.6. The number of para-hydroxylation sites is 1. The normalized spacial score (nSPS) is 11.7. The Balaban J connectivity index is 0.000000139. The Morgan fingerprint density at radius 2 is 0.513 bits per heavy atom. The van der Waals surface area contributed by atoms with Crippen molar-refractivity contribution >= 4 is 139 Å². The van der Waals surface area contributed by atoms with Crippen molar-refractivity contribution in [1.29, 1.82) is 0 Å². The maximum Gasteiger partial charge on any atom is 0.160 e. The van der Waals surface area contributed by atoms with E-state index < -0.39 is 0 Å². The van der Waals surface area contributed by atoms with Gasteiger partial charge in [-0.1, -0.05) is 346 Å². The summed E-state index contributed by atoms with van der Waals surface area (Å²) in [5, 5.41) is 17.3. The summed E-state index contributed by atoms with van der Waals surface area (Å²) in [6.45, 7) is 0. The molecule has 0 bridgehead atoms. The van der Waals surface area contributed by atoms with Gasteiger partial charge in [-0.3, -0.25) is 0 Å². The molecule has 24 rings (SSSR count). The third-order valence-electron chi connectivity index (χ3n) is 23.2. The van der Waals surface area contributed by atoms with Crippen molar-refractivity contribution in [3.05, 3.63) is 400 Å². The maximum atomic E-state index is 6.19. The molecule has 0 aliphatic carbocycles. The molecular formula is C110H66N6OS2. The van der Waals surface area contributed by atoms with Crippen LogP contribution in [0.5, 0.6) is 0 Å². The lowest BCUT2D eigenvalue weighted by Gasteiger charge is -2.13. The molecule has 0 N–H and O–H groups in total. The molecule has 0 atom stereocenters. The van der Waals surface area contributed by atoms with Crippen molar-refractivity contribution in [2.24, 2.45) is 0 Å². The van der Waals surface area contributed by atoms with Gasteiger partial charge < -0.3 is 4.42 Å². The fraction of sp³-hybridized carbons (Fsp3) is 0. The van der Waals surface area contributed by atoms with Gasteiger partial charge in [-0.25, -0.2) is 29.9 Å². The molecule has 119 heavy (non-hydrogen) atoms. The van der Waals surface area contributed by atoms with E-state index in [4.69, 9.17) is 34.3 Å². The number of hydrogen-bond acceptors (Lipinski definition) is 9. The molecule has 0 radical (unpaired) electrons. The van der Waals surface area contributed by atoms with Crippen LogP contribution in [-0.2, 0) is 0 Å². The number of nitrogens with zero attached hydrogens (tertiary/aromatic N) is 6. The fourth-order valence-electron chi connectivity index (χ4n) is 17.4. The first-order chi connectivity index (χ1) is 58.9. The standard InChI is InChI=1S/C55H33N3OS.C55H33N3S/c1-3-12-36(13-4-1)45-33-46(37-14-5-2-6-15-37)58-55(57-45)39-28-26-38(27-29-39)53-54-52(44-17-8-10-21-50(44)60-54)42-31-30-40(32-47(42)56-53)34-22-24-35(25-23-34)41-18-11-20-49-51(41)43-16-7-9-19-48(43)59-49;1-3-13-34(14-4-1)48-33-49(35-15-5-2-6-16-35)58-55(57-48)37-25-23-36(24-26-37)53-54-52(46-21-11-12-22-51(46)59-54)45-30-28-39(32-50(45)56-53)38-27-29-44-42-19-8-7-17-40(42)41-18-9-10-20-43(41)47(44)31-38/h1-33H;1-33H. The van der Waals surface area contributed by atoms with Gasteiger partial charge in [0, 0.05) is 97.0 Å². The van der Waals surface area contributed by atoms with Crippen LogP contribution in [0.2, 0.25) is 0 Å². The number of aromatic nitrogens is 6. The molecule has 9 heteroatoms. The van der Waals surface area contributed by atoms with E-state index in [1.807, 2.05) is 102 Å². The predicted octanol–water partition coefficient (Wildman–Crippen LogP) is 30.5. The van der Waals surface area contributed by atoms with Gasteiger partial charge in [0.05, 0.1) is 54.6 Å². The predicted molar refractivity (Wildman–Crippen MR) is 500 cm³/mol. The van der Waals surface area contributed by atoms with Crippen LogP contribution in [0.1, 0.15) is 0 Å². The van der Waals surface area contributed by atoms with Crippen molar-refractivity contribution in [3.63, 3.8) is 0 Å². The molecule has 0 unspecified atom stereocenters. The number of rotatable bonds is 11. The molecule has 7 nitrogen and oxygen atoms in total. The second kappa shape index (κ2) is 28.9. The minimum Gasteiger partial charge on any atom is -0.456 e. The van der Waals surface area contributed by atoms with Gasteiger partial charge in [-0.15, -0.1) is 22.7 Å². The Bertz CT molecular complexity index is 7980. The SMILES string of the molecule is c1ccc(-c2cc(-c3ccccc3)nc(-c3ccc(-c4nc5cc(-c6ccc(-c7cccc8oc9ccccc9c78)cc6)ccc5c5c4sc4ccccc45)cc3)n2)cc1.c1ccc(-c2cc(-c3ccccc3)nc(-c3ccc(-c4nc5cc(-c6ccc7c8ccccc8c8ccccc8c7c6)ccc5c5c4sc4ccccc45)cc3)n2)cc1. The third kappa shape index (κ3) is 12.3. The number of benzene rings is 17. The Hall–Kier alpha value is -15.3. The minimum atomic E-state index is 0.686. The average molecular weight is 1550 g/mol. The highest BCUT2D eigenvalue weighted by molar-refractivity contribution is 7.27. The van der Waals surface area contributed by atoms with Crippen molar-refractivity contribution in [2.45, 2.75) is 0 Å². The van der Waals surface area contributed by atoms with Crippen LogP contribution in [0.3, 0.4) is 0 Å². The van der Waals surface area contributed by atoms with E-state index in [0.29, 0.717) is 11.6 Å². The highest BCUT2D eigenvalue weighted by atomic mass is 32.1. The van der Waals surface area contributed by atoms with E-state index in [-0.39, 0.29) is 0 Å². The van der Waals surface area contributed by atoms with Crippen LogP contribution in [-0.4, -0.2) is 29.9 Å². The maximum absolute atomic E-state index is 6.19. The number of pyridine rings is 2. The Labute approximate surface area is 692 Å². The lowest BCUT2D eigenvalue weighted by atomic mass is 9.92. The van der Waals surface area contributed by atoms with Gasteiger partial charge in [-0.05, 0) is 120 Å². The highest BCUT2D eigenvalue weighted by Gasteiger charge is 2.23. The van der Waals surface area contributed by atoms with Gasteiger partial charge in [0.1, 0.15) is 11.2 Å². The van der Waals surface area contributed by atoms with Crippen molar-refractivity contribution < 1.29 is 4.42 Å². The summed E-state index contributed by atoms with van der Waals surface area (Å²) in [5.74, 6) is 1.38. The van der Waals surface area contributed by atoms with Crippen LogP contribution < -0.4 is 0 Å². The quantitative estimate of drug-likeness (QED) is 0.119. The monoisotopic (exact) mass is 1550 g/mol. The zero-order valence-corrected chi connectivity index (χ0v) is 65.6. The molecule has 0 aliphatic rings. The smallest absolute Gasteiger partial charge is 0.160 e. The van der Waals surface area contributed by atoms with E-state index in [1.165, 1.54) is 89.2 Å². The lowest BCUT2D eigenvalue weighted by molar-refractivity contribution is 0.669. The van der Waals surface area contributed by atoms with Crippen LogP contribution >= 0.6 is 22.7 Å². The summed E-state index contributed by atoms with van der Waals surface area (Å²) in [7, 11) is 0. The second-order valence-corrected chi connectivity index (χ2v) is 32.3. The first kappa shape index (κ1) is 69.3. The number of hydrogen-bond donors (Lipinski definition) is 0. The molecule has 24 aromatic rings. The van der Waals surface area contributed by atoms with Crippen LogP contribution in [0.4, 0.5) is 0 Å². The summed E-state index contributed by atoms with van der Waals surface area (Å²) < 4.78 is 11.1. The molecule has 17 aromatic carbocycles. The van der Waals surface area contributed by atoms with E-state index in [1.54, 1.807) is 11.3 Å². The second-order valence-electron chi connectivity index (χ2n) is 30.2. The number of thiophene rings is 2. The van der Waals surface area contributed by atoms with Crippen LogP contribution in [0.25, 0.3) is 240 Å². The van der Waals surface area contributed by atoms with Crippen molar-refractivity contribution in [1.82, 2.24) is 29.9 Å². The van der Waals surface area contributed by atoms with E-state index in [2.05, 4.69) is 309 Å². The zero-order chi connectivity index (χ0) is 78.4. The Kier molecular flexibility index (Phi) is 16.8. The molecule has 0 aliphatic heterocycles. The highest BCUT2D eigenvalue weighted by Crippen LogP contribution is 2.48. The zero-order valence-electron chi connectivity index (χ0n) is 64.0. The lowest BCUT2D eigenvalue weighted by Crippen LogP contribution is -1.96. The number of fused-ring (bicyclic) bond motifs is 19. The van der Waals surface area contributed by atoms with Gasteiger partial charge in [0.25, 0.3) is 0 Å². The summed E-state index contributed by atoms with van der Waals surface area (Å²) in [6, 6.07) is 141. The van der Waals surface area contributed by atoms with E-state index in [0.717, 1.165) is 139 Å². The van der Waals surface area contributed by atoms with Crippen molar-refractivity contribution in [3.8, 4) is 124 Å². The average Bonchev–Trinajstić information content (AvgIpc) is 1.71. The van der Waals surface area contributed by atoms with Gasteiger partial charge in [0.2, 0.25) is 0 Å². The summed E-state index contributed by atoms with van der Waals surface area (Å²) >= 11 is 3.62. The van der Waals surface area contributed by atoms with Crippen LogP contribution in [0.15, 0.2) is 405 Å². The molecule has 0 fully saturated rings. The molecule has 7 aromatic heterocycles. The molecule has 0 saturated heterocycles. The molecule has 0 saturated carbocycles. The Morgan fingerprint density at radius 1 is 0.185 bits per heavy atom.